The fraction of sp³-hybridized carbons (Fsp3) is 0.556. The molecule has 1 aliphatic rings. The Balaban J connectivity index is 2.23. The van der Waals surface area contributed by atoms with E-state index in [0.717, 1.165) is 0 Å². The van der Waals surface area contributed by atoms with Gasteiger partial charge < -0.3 is 9.99 Å². The number of nitrogens with two attached hydrogens (primary N) is 1. The van der Waals surface area contributed by atoms with Crippen LogP contribution in [0.25, 0.3) is 0 Å². The highest BCUT2D eigenvalue weighted by Gasteiger charge is 2.40. The Morgan fingerprint density at radius 1 is 0.732 bits per heavy atom. The SMILES string of the molecule is CC(C)c1cccc(C(C)C)c1N/C(=C\P1C=C(C(C)(C)C)N(c2c(C(C)C)cccc2C(C)C)[P@@]1N)C(C)(C)C. The van der Waals surface area contributed by atoms with Crippen molar-refractivity contribution in [3.63, 3.8) is 0 Å². The minimum Gasteiger partial charge on any atom is -0.358 e. The summed E-state index contributed by atoms with van der Waals surface area (Å²) in [4.78, 5) is 0. The minimum absolute atomic E-state index is 0.0202. The van der Waals surface area contributed by atoms with Crippen LogP contribution in [0.4, 0.5) is 11.4 Å². The van der Waals surface area contributed by atoms with Gasteiger partial charge in [-0.1, -0.05) is 133 Å². The number of nitrogens with zero attached hydrogens (tertiary/aromatic N) is 1. The molecule has 0 amide bonds. The maximum Gasteiger partial charge on any atom is 0.0995 e. The van der Waals surface area contributed by atoms with Crippen molar-refractivity contribution in [3.8, 4) is 0 Å². The van der Waals surface area contributed by atoms with Crippen LogP contribution in [-0.2, 0) is 0 Å². The molecule has 2 aromatic carbocycles. The third-order valence-corrected chi connectivity index (χ3v) is 12.9. The molecule has 0 bridgehead atoms. The molecule has 1 aliphatic heterocycles. The molecule has 3 N–H and O–H groups in total. The van der Waals surface area contributed by atoms with Gasteiger partial charge in [-0.3, -0.25) is 5.50 Å². The van der Waals surface area contributed by atoms with Crippen LogP contribution in [0.2, 0.25) is 0 Å². The quantitative estimate of drug-likeness (QED) is 0.299. The summed E-state index contributed by atoms with van der Waals surface area (Å²) in [5.74, 6) is 6.76. The van der Waals surface area contributed by atoms with E-state index in [2.05, 4.69) is 155 Å². The molecule has 2 atom stereocenters. The Hall–Kier alpha value is -1.66. The van der Waals surface area contributed by atoms with Gasteiger partial charge in [-0.05, 0) is 57.6 Å². The number of anilines is 2. The summed E-state index contributed by atoms with van der Waals surface area (Å²) in [6, 6.07) is 13.6. The summed E-state index contributed by atoms with van der Waals surface area (Å²) in [5, 5.41) is 4.02. The van der Waals surface area contributed by atoms with Crippen LogP contribution < -0.4 is 15.5 Å². The third kappa shape index (κ3) is 7.47. The van der Waals surface area contributed by atoms with Crippen molar-refractivity contribution in [1.82, 2.24) is 0 Å². The van der Waals surface area contributed by atoms with Gasteiger partial charge in [0, 0.05) is 35.5 Å². The highest BCUT2D eigenvalue weighted by Crippen LogP contribution is 2.77. The van der Waals surface area contributed by atoms with E-state index < -0.39 is 15.5 Å². The molecule has 1 unspecified atom stereocenters. The van der Waals surface area contributed by atoms with E-state index in [0.29, 0.717) is 23.7 Å². The molecule has 3 nitrogen and oxygen atoms in total. The number of allylic oxidation sites excluding steroid dienone is 2. The third-order valence-electron chi connectivity index (χ3n) is 7.95. The van der Waals surface area contributed by atoms with Gasteiger partial charge in [0.2, 0.25) is 0 Å². The molecule has 0 fully saturated rings. The van der Waals surface area contributed by atoms with Gasteiger partial charge in [-0.15, -0.1) is 0 Å². The molecule has 0 aliphatic carbocycles. The number of hydrogen-bond donors (Lipinski definition) is 2. The molecule has 0 aromatic heterocycles. The first-order valence-electron chi connectivity index (χ1n) is 15.5. The molecule has 0 radical (unpaired) electrons. The molecule has 0 spiro atoms. The number of benzene rings is 2. The number of nitrogens with one attached hydrogen (secondary N) is 1. The first-order chi connectivity index (χ1) is 18.9. The van der Waals surface area contributed by atoms with Gasteiger partial charge in [0.1, 0.15) is 0 Å². The van der Waals surface area contributed by atoms with Crippen molar-refractivity contribution < 1.29 is 0 Å². The number of rotatable bonds is 8. The fourth-order valence-electron chi connectivity index (χ4n) is 5.42. The van der Waals surface area contributed by atoms with Gasteiger partial charge in [-0.25, -0.2) is 0 Å². The lowest BCUT2D eigenvalue weighted by Crippen LogP contribution is -2.27. The van der Waals surface area contributed by atoms with Crippen LogP contribution in [0, 0.1) is 10.8 Å². The topological polar surface area (TPSA) is 41.3 Å². The lowest BCUT2D eigenvalue weighted by Gasteiger charge is -2.38. The van der Waals surface area contributed by atoms with Crippen molar-refractivity contribution in [1.29, 1.82) is 0 Å². The summed E-state index contributed by atoms with van der Waals surface area (Å²) >= 11 is 0. The Bertz CT molecular complexity index is 1220. The Kier molecular flexibility index (Phi) is 10.7. The second kappa shape index (κ2) is 12.9. The zero-order valence-electron chi connectivity index (χ0n) is 28.3. The molecule has 2 aromatic rings. The lowest BCUT2D eigenvalue weighted by atomic mass is 9.89. The van der Waals surface area contributed by atoms with Gasteiger partial charge in [0.05, 0.1) is 13.6 Å². The van der Waals surface area contributed by atoms with Crippen molar-refractivity contribution in [2.24, 2.45) is 16.3 Å². The molecule has 5 heteroatoms. The Morgan fingerprint density at radius 3 is 1.51 bits per heavy atom. The number of hydrogen-bond acceptors (Lipinski definition) is 3. The van der Waals surface area contributed by atoms with E-state index in [1.54, 1.807) is 0 Å². The molecular weight excluding hydrogens is 536 g/mol. The highest BCUT2D eigenvalue weighted by molar-refractivity contribution is 8.32. The monoisotopic (exact) mass is 593 g/mol. The van der Waals surface area contributed by atoms with Crippen molar-refractivity contribution in [2.45, 2.75) is 121 Å². The fourth-order valence-corrected chi connectivity index (χ4v) is 11.1. The van der Waals surface area contributed by atoms with Crippen LogP contribution in [0.15, 0.2) is 59.4 Å². The molecule has 226 valence electrons. The predicted octanol–water partition coefficient (Wildman–Crippen LogP) is 12.6. The maximum atomic E-state index is 7.42. The van der Waals surface area contributed by atoms with Gasteiger partial charge in [-0.2, -0.15) is 0 Å². The van der Waals surface area contributed by atoms with Crippen molar-refractivity contribution in [3.05, 3.63) is 81.7 Å². The van der Waals surface area contributed by atoms with Crippen LogP contribution in [-0.4, -0.2) is 0 Å². The van der Waals surface area contributed by atoms with Crippen LogP contribution in [0.1, 0.15) is 143 Å². The predicted molar refractivity (Wildman–Crippen MR) is 188 cm³/mol. The number of para-hydroxylation sites is 2. The molecule has 1 heterocycles. The minimum atomic E-state index is -0.959. The Morgan fingerprint density at radius 2 is 1.15 bits per heavy atom. The summed E-state index contributed by atoms with van der Waals surface area (Å²) in [5.41, 5.74) is 18.1. The molecule has 3 rings (SSSR count). The van der Waals surface area contributed by atoms with E-state index in [9.17, 15) is 0 Å². The molecule has 41 heavy (non-hydrogen) atoms. The summed E-state index contributed by atoms with van der Waals surface area (Å²) in [7, 11) is -1.66. The molecular formula is C36H57N3P2. The van der Waals surface area contributed by atoms with Crippen molar-refractivity contribution in [2.75, 3.05) is 9.99 Å². The molecule has 0 saturated carbocycles. The van der Waals surface area contributed by atoms with E-state index in [1.807, 2.05) is 0 Å². The van der Waals surface area contributed by atoms with Gasteiger partial charge in [0.25, 0.3) is 0 Å². The summed E-state index contributed by atoms with van der Waals surface area (Å²) in [6.45, 7) is 32.4. The van der Waals surface area contributed by atoms with Gasteiger partial charge >= 0.3 is 0 Å². The second-order valence-electron chi connectivity index (χ2n) is 14.9. The first-order valence-corrected chi connectivity index (χ1v) is 19.0. The van der Waals surface area contributed by atoms with Crippen LogP contribution >= 0.6 is 15.5 Å². The van der Waals surface area contributed by atoms with E-state index >= 15 is 0 Å². The smallest absolute Gasteiger partial charge is 0.0995 e. The van der Waals surface area contributed by atoms with E-state index in [1.165, 1.54) is 45.0 Å². The van der Waals surface area contributed by atoms with Crippen LogP contribution in [0.3, 0.4) is 0 Å². The van der Waals surface area contributed by atoms with Gasteiger partial charge in [0.15, 0.2) is 0 Å². The Labute approximate surface area is 255 Å². The van der Waals surface area contributed by atoms with Crippen LogP contribution in [0.5, 0.6) is 0 Å². The average Bonchev–Trinajstić information content (AvgIpc) is 3.18. The zero-order valence-corrected chi connectivity index (χ0v) is 30.1. The standard InChI is InChI=1S/C36H57N3P2/c1-23(2)27-17-15-18-28(24(3)4)33(27)38-31(35(9,10)11)21-40-22-32(36(12,13)14)39(41(40)37)34-29(25(5)6)19-16-20-30(34)26(7)8/h15-26,38H,37H2,1-14H3/b31-21-/t40?,41-/m1/s1. The zero-order chi connectivity index (χ0) is 31.0. The molecule has 0 saturated heterocycles. The van der Waals surface area contributed by atoms with E-state index in [-0.39, 0.29) is 10.8 Å². The average molecular weight is 594 g/mol. The van der Waals surface area contributed by atoms with Crippen molar-refractivity contribution >= 4 is 26.9 Å². The summed E-state index contributed by atoms with van der Waals surface area (Å²) in [6.07, 6.45) is 0. The highest BCUT2D eigenvalue weighted by atomic mass is 32.1. The summed E-state index contributed by atoms with van der Waals surface area (Å²) < 4.78 is 2.57. The second-order valence-corrected chi connectivity index (χ2v) is 19.8. The maximum absolute atomic E-state index is 7.42. The normalized spacial score (nSPS) is 18.8. The first kappa shape index (κ1) is 33.8. The van der Waals surface area contributed by atoms with E-state index in [4.69, 9.17) is 5.50 Å². The lowest BCUT2D eigenvalue weighted by molar-refractivity contribution is 0.500. The largest absolute Gasteiger partial charge is 0.358 e.